The Morgan fingerprint density at radius 3 is 2.72 bits per heavy atom. The average molecular weight is 467 g/mol. The number of nitrogens with one attached hydrogen (secondary N) is 1. The number of hydrazone groups is 1. The molecule has 0 fully saturated rings. The predicted octanol–water partition coefficient (Wildman–Crippen LogP) is 3.37. The zero-order chi connectivity index (χ0) is 18.0. The van der Waals surface area contributed by atoms with Gasteiger partial charge in [0.05, 0.1) is 20.7 Å². The number of rotatable bonds is 4. The molecule has 3 rings (SSSR count). The number of phenolic OH excluding ortho intramolecular Hbond substituents is 1. The minimum Gasteiger partial charge on any atom is -0.506 e. The van der Waals surface area contributed by atoms with Crippen molar-refractivity contribution in [1.29, 1.82) is 0 Å². The molecule has 128 valence electrons. The molecule has 0 aliphatic carbocycles. The number of halogens is 2. The highest BCUT2D eigenvalue weighted by atomic mass is 79.9. The summed E-state index contributed by atoms with van der Waals surface area (Å²) in [5.74, 6) is -0.211. The van der Waals surface area contributed by atoms with E-state index in [1.165, 1.54) is 6.21 Å². The summed E-state index contributed by atoms with van der Waals surface area (Å²) >= 11 is 6.49. The van der Waals surface area contributed by atoms with Gasteiger partial charge >= 0.3 is 0 Å². The lowest BCUT2D eigenvalue weighted by atomic mass is 10.2. The average Bonchev–Trinajstić information content (AvgIpc) is 3.03. The maximum absolute atomic E-state index is 12.3. The summed E-state index contributed by atoms with van der Waals surface area (Å²) in [6.07, 6.45) is 1.49. The van der Waals surface area contributed by atoms with Crippen molar-refractivity contribution in [3.63, 3.8) is 0 Å². The molecule has 0 saturated heterocycles. The number of nitrogens with zero attached hydrogens (tertiary/aromatic N) is 4. The number of hydrogen-bond donors (Lipinski definition) is 2. The molecule has 7 nitrogen and oxygen atoms in total. The topological polar surface area (TPSA) is 92.4 Å². The molecule has 25 heavy (non-hydrogen) atoms. The maximum Gasteiger partial charge on any atom is 0.264 e. The number of carbonyl (C=O) groups is 1. The van der Waals surface area contributed by atoms with Crippen LogP contribution in [-0.4, -0.2) is 32.2 Å². The Hall–Kier alpha value is -2.26. The molecule has 2 N–H and O–H groups in total. The van der Waals surface area contributed by atoms with Gasteiger partial charge in [-0.05, 0) is 68.6 Å². The second kappa shape index (κ2) is 7.32. The minimum absolute atomic E-state index is 0.105. The molecule has 0 radical (unpaired) electrons. The summed E-state index contributed by atoms with van der Waals surface area (Å²) in [6.45, 7) is 1.72. The van der Waals surface area contributed by atoms with E-state index in [-0.39, 0.29) is 11.7 Å². The van der Waals surface area contributed by atoms with Crippen molar-refractivity contribution < 1.29 is 9.90 Å². The molecule has 0 aliphatic rings. The van der Waals surface area contributed by atoms with Gasteiger partial charge in [-0.2, -0.15) is 5.10 Å². The lowest BCUT2D eigenvalue weighted by Crippen LogP contribution is -2.28. The van der Waals surface area contributed by atoms with Crippen LogP contribution in [0.2, 0.25) is 0 Å². The van der Waals surface area contributed by atoms with E-state index in [0.29, 0.717) is 14.5 Å². The van der Waals surface area contributed by atoms with Gasteiger partial charge in [-0.25, -0.2) is 10.1 Å². The first kappa shape index (κ1) is 17.6. The van der Waals surface area contributed by atoms with Gasteiger partial charge in [-0.15, -0.1) is 5.10 Å². The van der Waals surface area contributed by atoms with Crippen molar-refractivity contribution in [3.05, 3.63) is 50.9 Å². The largest absolute Gasteiger partial charge is 0.506 e. The molecule has 3 aromatic rings. The van der Waals surface area contributed by atoms with Crippen molar-refractivity contribution in [1.82, 2.24) is 20.4 Å². The third-order valence-electron chi connectivity index (χ3n) is 3.55. The molecule has 1 heterocycles. The molecule has 1 aromatic heterocycles. The predicted molar refractivity (Wildman–Crippen MR) is 101 cm³/mol. The van der Waals surface area contributed by atoms with Crippen LogP contribution in [0.1, 0.15) is 18.5 Å². The Morgan fingerprint density at radius 1 is 1.32 bits per heavy atom. The summed E-state index contributed by atoms with van der Waals surface area (Å²) in [6, 6.07) is 10.2. The molecule has 0 spiro atoms. The molecule has 0 aliphatic heterocycles. The number of fused-ring (bicyclic) bond motifs is 1. The standard InChI is InChI=1S/C16H13Br2N5O2/c1-9(23-14-5-3-2-4-13(14)20-22-23)16(25)21-19-8-10-6-11(17)15(24)12(18)7-10/h2-9,24H,1H3,(H,21,25)/b19-8+. The van der Waals surface area contributed by atoms with Crippen molar-refractivity contribution in [2.75, 3.05) is 0 Å². The molecular formula is C16H13Br2N5O2. The van der Waals surface area contributed by atoms with Gasteiger partial charge in [0.25, 0.3) is 5.91 Å². The smallest absolute Gasteiger partial charge is 0.264 e. The Labute approximate surface area is 160 Å². The SMILES string of the molecule is CC(C(=O)N/N=C/c1cc(Br)c(O)c(Br)c1)n1nnc2ccccc21. The van der Waals surface area contributed by atoms with Crippen LogP contribution in [0.15, 0.2) is 50.4 Å². The molecular weight excluding hydrogens is 454 g/mol. The maximum atomic E-state index is 12.3. The normalized spacial score (nSPS) is 12.6. The first-order valence-electron chi connectivity index (χ1n) is 7.28. The number of hydrogen-bond acceptors (Lipinski definition) is 5. The Kier molecular flexibility index (Phi) is 5.14. The fraction of sp³-hybridized carbons (Fsp3) is 0.125. The number of benzene rings is 2. The quantitative estimate of drug-likeness (QED) is 0.455. The first-order chi connectivity index (χ1) is 12.0. The van der Waals surface area contributed by atoms with Gasteiger partial charge in [-0.3, -0.25) is 4.79 Å². The number of carbonyl (C=O) groups excluding carboxylic acids is 1. The van der Waals surface area contributed by atoms with Crippen LogP contribution in [0, 0.1) is 0 Å². The van der Waals surface area contributed by atoms with E-state index in [0.717, 1.165) is 11.0 Å². The van der Waals surface area contributed by atoms with E-state index in [9.17, 15) is 9.90 Å². The molecule has 0 saturated carbocycles. The summed E-state index contributed by atoms with van der Waals surface area (Å²) in [5, 5.41) is 21.7. The summed E-state index contributed by atoms with van der Waals surface area (Å²) in [7, 11) is 0. The van der Waals surface area contributed by atoms with E-state index in [1.54, 1.807) is 23.7 Å². The van der Waals surface area contributed by atoms with Gasteiger partial charge < -0.3 is 5.11 Å². The number of aromatic nitrogens is 3. The van der Waals surface area contributed by atoms with Crippen LogP contribution in [-0.2, 0) is 4.79 Å². The zero-order valence-corrected chi connectivity index (χ0v) is 16.2. The third kappa shape index (κ3) is 3.72. The second-order valence-electron chi connectivity index (χ2n) is 5.27. The van der Waals surface area contributed by atoms with E-state index in [2.05, 4.69) is 52.7 Å². The molecule has 0 bridgehead atoms. The van der Waals surface area contributed by atoms with Crippen molar-refractivity contribution >= 4 is 55.0 Å². The molecule has 1 amide bonds. The summed E-state index contributed by atoms with van der Waals surface area (Å²) < 4.78 is 2.60. The highest BCUT2D eigenvalue weighted by Crippen LogP contribution is 2.32. The van der Waals surface area contributed by atoms with E-state index >= 15 is 0 Å². The molecule has 1 atom stereocenters. The lowest BCUT2D eigenvalue weighted by molar-refractivity contribution is -0.124. The summed E-state index contributed by atoms with van der Waals surface area (Å²) in [4.78, 5) is 12.3. The fourth-order valence-corrected chi connectivity index (χ4v) is 3.43. The number of aromatic hydroxyl groups is 1. The number of phenols is 1. The Morgan fingerprint density at radius 2 is 2.00 bits per heavy atom. The van der Waals surface area contributed by atoms with Crippen LogP contribution in [0.4, 0.5) is 0 Å². The van der Waals surface area contributed by atoms with Gasteiger partial charge in [0, 0.05) is 0 Å². The van der Waals surface area contributed by atoms with E-state index < -0.39 is 6.04 Å². The molecule has 1 unspecified atom stereocenters. The van der Waals surface area contributed by atoms with Gasteiger partial charge in [0.2, 0.25) is 0 Å². The van der Waals surface area contributed by atoms with Crippen LogP contribution >= 0.6 is 31.9 Å². The van der Waals surface area contributed by atoms with Gasteiger partial charge in [0.1, 0.15) is 17.3 Å². The number of amides is 1. The van der Waals surface area contributed by atoms with Crippen LogP contribution in [0.5, 0.6) is 5.75 Å². The van der Waals surface area contributed by atoms with E-state index in [4.69, 9.17) is 0 Å². The van der Waals surface area contributed by atoms with Gasteiger partial charge in [0.15, 0.2) is 0 Å². The van der Waals surface area contributed by atoms with Crippen LogP contribution < -0.4 is 5.43 Å². The molecule has 2 aromatic carbocycles. The molecule has 9 heteroatoms. The van der Waals surface area contributed by atoms with Crippen molar-refractivity contribution in [2.45, 2.75) is 13.0 Å². The van der Waals surface area contributed by atoms with Crippen LogP contribution in [0.3, 0.4) is 0 Å². The highest BCUT2D eigenvalue weighted by molar-refractivity contribution is 9.11. The highest BCUT2D eigenvalue weighted by Gasteiger charge is 2.18. The minimum atomic E-state index is -0.567. The third-order valence-corrected chi connectivity index (χ3v) is 4.76. The first-order valence-corrected chi connectivity index (χ1v) is 8.87. The Bertz CT molecular complexity index is 947. The van der Waals surface area contributed by atoms with Crippen molar-refractivity contribution in [3.8, 4) is 5.75 Å². The van der Waals surface area contributed by atoms with Gasteiger partial charge in [-0.1, -0.05) is 17.3 Å². The van der Waals surface area contributed by atoms with Crippen LogP contribution in [0.25, 0.3) is 11.0 Å². The number of para-hydroxylation sites is 1. The van der Waals surface area contributed by atoms with E-state index in [1.807, 2.05) is 24.3 Å². The fourth-order valence-electron chi connectivity index (χ4n) is 2.21. The second-order valence-corrected chi connectivity index (χ2v) is 6.97. The monoisotopic (exact) mass is 465 g/mol. The lowest BCUT2D eigenvalue weighted by Gasteiger charge is -2.10. The summed E-state index contributed by atoms with van der Waals surface area (Å²) in [5.41, 5.74) is 4.70. The zero-order valence-electron chi connectivity index (χ0n) is 13.0. The Balaban J connectivity index is 1.72. The van der Waals surface area contributed by atoms with Crippen molar-refractivity contribution in [2.24, 2.45) is 5.10 Å².